The van der Waals surface area contributed by atoms with Gasteiger partial charge in [0.1, 0.15) is 0 Å². The highest BCUT2D eigenvalue weighted by Gasteiger charge is 2.25. The minimum Gasteiger partial charge on any atom is -0.447 e. The topological polar surface area (TPSA) is 55.4 Å². The van der Waals surface area contributed by atoms with Crippen LogP contribution < -0.4 is 5.32 Å². The lowest BCUT2D eigenvalue weighted by atomic mass is 10.1. The summed E-state index contributed by atoms with van der Waals surface area (Å²) < 4.78 is 5.43. The van der Waals surface area contributed by atoms with Crippen LogP contribution in [0.25, 0.3) is 0 Å². The molecule has 2 aromatic rings. The van der Waals surface area contributed by atoms with Gasteiger partial charge < -0.3 is 10.1 Å². The number of hydrogen-bond acceptors (Lipinski definition) is 3. The van der Waals surface area contributed by atoms with Gasteiger partial charge in [0.15, 0.2) is 0 Å². The van der Waals surface area contributed by atoms with Gasteiger partial charge in [-0.3, -0.25) is 9.59 Å². The van der Waals surface area contributed by atoms with Crippen molar-refractivity contribution < 1.29 is 14.3 Å². The fourth-order valence-corrected chi connectivity index (χ4v) is 2.36. The third kappa shape index (κ3) is 4.69. The van der Waals surface area contributed by atoms with Crippen LogP contribution >= 0.6 is 0 Å². The molecule has 0 saturated carbocycles. The third-order valence-corrected chi connectivity index (χ3v) is 3.69. The van der Waals surface area contributed by atoms with Gasteiger partial charge in [-0.15, -0.1) is 0 Å². The van der Waals surface area contributed by atoms with Crippen molar-refractivity contribution in [2.24, 2.45) is 0 Å². The van der Waals surface area contributed by atoms with Crippen molar-refractivity contribution in [1.82, 2.24) is 0 Å². The Kier molecular flexibility index (Phi) is 6.13. The number of rotatable bonds is 6. The molecule has 0 spiro atoms. The largest absolute Gasteiger partial charge is 0.447 e. The number of amides is 1. The quantitative estimate of drug-likeness (QED) is 0.804. The van der Waals surface area contributed by atoms with Gasteiger partial charge in [0.2, 0.25) is 6.10 Å². The van der Waals surface area contributed by atoms with E-state index in [-0.39, 0.29) is 11.9 Å². The maximum Gasteiger partial charge on any atom is 0.306 e. The number of hydrogen-bond donors (Lipinski definition) is 1. The van der Waals surface area contributed by atoms with Crippen LogP contribution in [0.3, 0.4) is 0 Å². The summed E-state index contributed by atoms with van der Waals surface area (Å²) in [5.74, 6) is -0.721. The van der Waals surface area contributed by atoms with E-state index in [2.05, 4.69) is 5.32 Å². The molecule has 4 heteroatoms. The lowest BCUT2D eigenvalue weighted by molar-refractivity contribution is -0.154. The molecule has 2 aromatic carbocycles. The predicted octanol–water partition coefficient (Wildman–Crippen LogP) is 4.33. The van der Waals surface area contributed by atoms with Crippen molar-refractivity contribution in [2.75, 3.05) is 5.32 Å². The zero-order chi connectivity index (χ0) is 17.5. The minimum absolute atomic E-state index is 0.292. The molecule has 24 heavy (non-hydrogen) atoms. The van der Waals surface area contributed by atoms with E-state index in [1.165, 1.54) is 0 Å². The minimum atomic E-state index is -0.954. The Balaban J connectivity index is 2.24. The molecule has 0 aromatic heterocycles. The van der Waals surface area contributed by atoms with Crippen molar-refractivity contribution in [1.29, 1.82) is 0 Å². The van der Waals surface area contributed by atoms with Gasteiger partial charge in [0, 0.05) is 17.7 Å². The van der Waals surface area contributed by atoms with E-state index >= 15 is 0 Å². The zero-order valence-corrected chi connectivity index (χ0v) is 14.3. The van der Waals surface area contributed by atoms with Gasteiger partial charge in [-0.05, 0) is 37.5 Å². The molecule has 1 N–H and O–H groups in total. The van der Waals surface area contributed by atoms with Gasteiger partial charge in [-0.2, -0.15) is 0 Å². The molecule has 0 bridgehead atoms. The van der Waals surface area contributed by atoms with Crippen LogP contribution in [0, 0.1) is 13.8 Å². The second-order valence-corrected chi connectivity index (χ2v) is 5.84. The fourth-order valence-electron chi connectivity index (χ4n) is 2.36. The molecule has 0 aliphatic heterocycles. The molecule has 0 aliphatic carbocycles. The summed E-state index contributed by atoms with van der Waals surface area (Å²) in [7, 11) is 0. The SMILES string of the molecule is CCCC(=O)O[C@H](C(=O)Nc1cc(C)ccc1C)c1ccccc1. The molecule has 0 heterocycles. The molecule has 0 aliphatic rings. The number of benzene rings is 2. The monoisotopic (exact) mass is 325 g/mol. The van der Waals surface area contributed by atoms with Crippen LogP contribution in [-0.2, 0) is 14.3 Å². The molecule has 1 amide bonds. The average Bonchev–Trinajstić information content (AvgIpc) is 2.57. The van der Waals surface area contributed by atoms with Crippen molar-refractivity contribution >= 4 is 17.6 Å². The standard InChI is InChI=1S/C20H23NO3/c1-4-8-18(22)24-19(16-9-6-5-7-10-16)20(23)21-17-13-14(2)11-12-15(17)3/h5-7,9-13,19H,4,8H2,1-3H3,(H,21,23)/t19-/m0/s1. The molecule has 2 rings (SSSR count). The zero-order valence-electron chi connectivity index (χ0n) is 14.3. The number of carbonyl (C=O) groups excluding carboxylic acids is 2. The number of carbonyl (C=O) groups is 2. The Labute approximate surface area is 142 Å². The van der Waals surface area contributed by atoms with Crippen LogP contribution in [0.2, 0.25) is 0 Å². The van der Waals surface area contributed by atoms with Crippen LogP contribution in [-0.4, -0.2) is 11.9 Å². The van der Waals surface area contributed by atoms with E-state index in [4.69, 9.17) is 4.74 Å². The molecule has 0 fully saturated rings. The lowest BCUT2D eigenvalue weighted by Gasteiger charge is -2.19. The highest BCUT2D eigenvalue weighted by atomic mass is 16.5. The molecular formula is C20H23NO3. The molecule has 1 atom stereocenters. The first-order valence-corrected chi connectivity index (χ1v) is 8.13. The summed E-state index contributed by atoms with van der Waals surface area (Å²) in [6.45, 7) is 5.79. The maximum atomic E-state index is 12.7. The molecule has 0 unspecified atom stereocenters. The van der Waals surface area contributed by atoms with Crippen LogP contribution in [0.1, 0.15) is 42.6 Å². The normalized spacial score (nSPS) is 11.6. The number of aryl methyl sites for hydroxylation is 2. The van der Waals surface area contributed by atoms with Crippen LogP contribution in [0.4, 0.5) is 5.69 Å². The van der Waals surface area contributed by atoms with Gasteiger partial charge >= 0.3 is 5.97 Å². The number of anilines is 1. The Morgan fingerprint density at radius 3 is 2.46 bits per heavy atom. The van der Waals surface area contributed by atoms with E-state index in [0.717, 1.165) is 16.8 Å². The number of nitrogens with one attached hydrogen (secondary N) is 1. The first kappa shape index (κ1) is 17.7. The van der Waals surface area contributed by atoms with Crippen molar-refractivity contribution in [3.05, 3.63) is 65.2 Å². The summed E-state index contributed by atoms with van der Waals surface area (Å²) in [4.78, 5) is 24.6. The Morgan fingerprint density at radius 1 is 1.08 bits per heavy atom. The van der Waals surface area contributed by atoms with Gasteiger partial charge in [-0.1, -0.05) is 49.4 Å². The summed E-state index contributed by atoms with van der Waals surface area (Å²) in [5.41, 5.74) is 3.40. The van der Waals surface area contributed by atoms with E-state index in [1.54, 1.807) is 12.1 Å². The predicted molar refractivity (Wildman–Crippen MR) is 94.7 cm³/mol. The van der Waals surface area contributed by atoms with E-state index in [9.17, 15) is 9.59 Å². The van der Waals surface area contributed by atoms with E-state index < -0.39 is 6.10 Å². The summed E-state index contributed by atoms with van der Waals surface area (Å²) in [5, 5.41) is 2.88. The maximum absolute atomic E-state index is 12.7. The van der Waals surface area contributed by atoms with Crippen LogP contribution in [0.15, 0.2) is 48.5 Å². The van der Waals surface area contributed by atoms with Gasteiger partial charge in [-0.25, -0.2) is 0 Å². The van der Waals surface area contributed by atoms with E-state index in [0.29, 0.717) is 18.4 Å². The molecule has 4 nitrogen and oxygen atoms in total. The van der Waals surface area contributed by atoms with Crippen molar-refractivity contribution in [3.8, 4) is 0 Å². The van der Waals surface area contributed by atoms with E-state index in [1.807, 2.05) is 57.2 Å². The van der Waals surface area contributed by atoms with Gasteiger partial charge in [0.25, 0.3) is 5.91 Å². The Bertz CT molecular complexity index is 710. The number of ether oxygens (including phenoxy) is 1. The molecule has 0 saturated heterocycles. The lowest BCUT2D eigenvalue weighted by Crippen LogP contribution is -2.26. The summed E-state index contributed by atoms with van der Waals surface area (Å²) >= 11 is 0. The van der Waals surface area contributed by atoms with Crippen LogP contribution in [0.5, 0.6) is 0 Å². The summed E-state index contributed by atoms with van der Waals surface area (Å²) in [6, 6.07) is 14.9. The Morgan fingerprint density at radius 2 is 1.79 bits per heavy atom. The van der Waals surface area contributed by atoms with Crippen molar-refractivity contribution in [2.45, 2.75) is 39.7 Å². The highest BCUT2D eigenvalue weighted by Crippen LogP contribution is 2.23. The smallest absolute Gasteiger partial charge is 0.306 e. The first-order valence-electron chi connectivity index (χ1n) is 8.13. The number of esters is 1. The molecular weight excluding hydrogens is 302 g/mol. The third-order valence-electron chi connectivity index (χ3n) is 3.69. The molecule has 126 valence electrons. The second kappa shape index (κ2) is 8.29. The average molecular weight is 325 g/mol. The fraction of sp³-hybridized carbons (Fsp3) is 0.300. The summed E-state index contributed by atoms with van der Waals surface area (Å²) in [6.07, 6.45) is 0.0177. The highest BCUT2D eigenvalue weighted by molar-refractivity contribution is 5.96. The van der Waals surface area contributed by atoms with Crippen molar-refractivity contribution in [3.63, 3.8) is 0 Å². The van der Waals surface area contributed by atoms with Gasteiger partial charge in [0.05, 0.1) is 0 Å². The first-order chi connectivity index (χ1) is 11.5. The second-order valence-electron chi connectivity index (χ2n) is 5.84. The molecule has 0 radical (unpaired) electrons. The Hall–Kier alpha value is -2.62.